The molecule has 0 aromatic heterocycles. The van der Waals surface area contributed by atoms with E-state index in [2.05, 4.69) is 0 Å². The number of para-hydroxylation sites is 2. The second-order valence-electron chi connectivity index (χ2n) is 4.49. The largest absolute Gasteiger partial charge is 0.508 e. The smallest absolute Gasteiger partial charge is 0.156 e. The molecule has 0 heterocycles. The number of hydrogen-bond donors (Lipinski definition) is 2. The van der Waals surface area contributed by atoms with Crippen LogP contribution in [0.2, 0.25) is 0 Å². The number of aryl methyl sites for hydroxylation is 1. The van der Waals surface area contributed by atoms with Crippen molar-refractivity contribution in [1.29, 1.82) is 0 Å². The molecule has 0 amide bonds. The van der Waals surface area contributed by atoms with Crippen molar-refractivity contribution >= 4 is 11.9 Å². The van der Waals surface area contributed by atoms with Crippen LogP contribution in [0.1, 0.15) is 17.5 Å². The highest BCUT2D eigenvalue weighted by atomic mass is 16.3. The quantitative estimate of drug-likeness (QED) is 0.818. The number of benzene rings is 2. The van der Waals surface area contributed by atoms with E-state index in [0.717, 1.165) is 5.56 Å². The minimum atomic E-state index is -0.0449. The third kappa shape index (κ3) is 3.72. The highest BCUT2D eigenvalue weighted by Crippen LogP contribution is 2.19. The van der Waals surface area contributed by atoms with E-state index in [9.17, 15) is 15.0 Å². The normalized spacial score (nSPS) is 10.8. The maximum atomic E-state index is 11.8. The molecule has 0 unspecified atom stereocenters. The Morgan fingerprint density at radius 2 is 1.60 bits per heavy atom. The lowest BCUT2D eigenvalue weighted by Crippen LogP contribution is -1.96. The maximum absolute atomic E-state index is 11.8. The minimum absolute atomic E-state index is 0.0449. The van der Waals surface area contributed by atoms with Gasteiger partial charge in [0.1, 0.15) is 11.5 Å². The number of hydrogen-bond acceptors (Lipinski definition) is 3. The lowest BCUT2D eigenvalue weighted by atomic mass is 10.1. The third-order valence-corrected chi connectivity index (χ3v) is 3.02. The van der Waals surface area contributed by atoms with Gasteiger partial charge < -0.3 is 10.2 Å². The van der Waals surface area contributed by atoms with Crippen LogP contribution in [0.4, 0.5) is 0 Å². The first kappa shape index (κ1) is 13.9. The summed E-state index contributed by atoms with van der Waals surface area (Å²) in [6.07, 6.45) is 3.87. The van der Waals surface area contributed by atoms with Gasteiger partial charge in [0.05, 0.1) is 0 Å². The molecule has 102 valence electrons. The second-order valence-corrected chi connectivity index (χ2v) is 4.49. The van der Waals surface area contributed by atoms with Gasteiger partial charge in [-0.2, -0.15) is 0 Å². The molecule has 0 aliphatic rings. The first-order valence-electron chi connectivity index (χ1n) is 6.42. The van der Waals surface area contributed by atoms with Crippen LogP contribution >= 0.6 is 0 Å². The van der Waals surface area contributed by atoms with E-state index in [-0.39, 0.29) is 17.3 Å². The number of carbonyl (C=O) groups is 1. The summed E-state index contributed by atoms with van der Waals surface area (Å²) >= 11 is 0. The van der Waals surface area contributed by atoms with Gasteiger partial charge in [-0.3, -0.25) is 4.79 Å². The van der Waals surface area contributed by atoms with Gasteiger partial charge in [0.25, 0.3) is 0 Å². The Bertz CT molecular complexity index is 630. The van der Waals surface area contributed by atoms with Crippen LogP contribution in [-0.2, 0) is 11.2 Å². The van der Waals surface area contributed by atoms with Gasteiger partial charge in [-0.05, 0) is 36.3 Å². The Hall–Kier alpha value is -2.55. The second kappa shape index (κ2) is 6.57. The van der Waals surface area contributed by atoms with Crippen LogP contribution in [0.15, 0.2) is 54.6 Å². The Balaban J connectivity index is 1.93. The van der Waals surface area contributed by atoms with Gasteiger partial charge in [0, 0.05) is 12.0 Å². The van der Waals surface area contributed by atoms with E-state index in [1.807, 2.05) is 6.07 Å². The van der Waals surface area contributed by atoms with E-state index in [4.69, 9.17) is 0 Å². The van der Waals surface area contributed by atoms with E-state index in [0.29, 0.717) is 18.4 Å². The number of ketones is 1. The summed E-state index contributed by atoms with van der Waals surface area (Å²) in [4.78, 5) is 11.8. The molecule has 0 saturated carbocycles. The number of aromatic hydroxyl groups is 2. The number of allylic oxidation sites excluding steroid dienone is 1. The molecule has 0 atom stereocenters. The van der Waals surface area contributed by atoms with E-state index >= 15 is 0 Å². The number of rotatable bonds is 5. The molecule has 20 heavy (non-hydrogen) atoms. The van der Waals surface area contributed by atoms with Crippen LogP contribution < -0.4 is 0 Å². The highest BCUT2D eigenvalue weighted by Gasteiger charge is 2.03. The zero-order chi connectivity index (χ0) is 14.4. The Morgan fingerprint density at radius 1 is 0.950 bits per heavy atom. The molecule has 2 aromatic carbocycles. The average Bonchev–Trinajstić information content (AvgIpc) is 2.45. The van der Waals surface area contributed by atoms with Gasteiger partial charge in [-0.25, -0.2) is 0 Å². The molecule has 3 heteroatoms. The first-order valence-corrected chi connectivity index (χ1v) is 6.42. The maximum Gasteiger partial charge on any atom is 0.156 e. The Labute approximate surface area is 117 Å². The third-order valence-electron chi connectivity index (χ3n) is 3.02. The van der Waals surface area contributed by atoms with Crippen molar-refractivity contribution < 1.29 is 15.0 Å². The molecule has 2 aromatic rings. The molecule has 0 bridgehead atoms. The van der Waals surface area contributed by atoms with Gasteiger partial charge in [-0.1, -0.05) is 36.4 Å². The van der Waals surface area contributed by atoms with E-state index < -0.39 is 0 Å². The van der Waals surface area contributed by atoms with Crippen molar-refractivity contribution in [3.63, 3.8) is 0 Å². The SMILES string of the molecule is O=C(C=Cc1ccccc1O)CCc1ccccc1O. The molecule has 2 rings (SSSR count). The topological polar surface area (TPSA) is 57.5 Å². The van der Waals surface area contributed by atoms with E-state index in [1.165, 1.54) is 6.08 Å². The molecule has 0 aliphatic carbocycles. The van der Waals surface area contributed by atoms with Crippen molar-refractivity contribution in [2.75, 3.05) is 0 Å². The van der Waals surface area contributed by atoms with Gasteiger partial charge in [0.2, 0.25) is 0 Å². The van der Waals surface area contributed by atoms with Crippen molar-refractivity contribution in [3.05, 3.63) is 65.7 Å². The predicted molar refractivity (Wildman–Crippen MR) is 78.6 cm³/mol. The summed E-state index contributed by atoms with van der Waals surface area (Å²) in [5.74, 6) is 0.318. The summed E-state index contributed by atoms with van der Waals surface area (Å²) in [5.41, 5.74) is 1.38. The van der Waals surface area contributed by atoms with Crippen LogP contribution in [0.5, 0.6) is 11.5 Å². The molecule has 0 spiro atoms. The molecule has 0 aliphatic heterocycles. The number of carbonyl (C=O) groups excluding carboxylic acids is 1. The summed E-state index contributed by atoms with van der Waals surface area (Å²) < 4.78 is 0. The zero-order valence-electron chi connectivity index (χ0n) is 11.0. The molecule has 3 nitrogen and oxygen atoms in total. The molecule has 0 radical (unpaired) electrons. The van der Waals surface area contributed by atoms with Crippen molar-refractivity contribution in [3.8, 4) is 11.5 Å². The molecular formula is C17H16O3. The molecule has 2 N–H and O–H groups in total. The van der Waals surface area contributed by atoms with Crippen LogP contribution in [0.25, 0.3) is 6.08 Å². The molecule has 0 saturated heterocycles. The summed E-state index contributed by atoms with van der Waals surface area (Å²) in [6.45, 7) is 0. The minimum Gasteiger partial charge on any atom is -0.508 e. The Kier molecular flexibility index (Phi) is 4.56. The summed E-state index contributed by atoms with van der Waals surface area (Å²) in [5, 5.41) is 19.2. The van der Waals surface area contributed by atoms with Gasteiger partial charge in [0.15, 0.2) is 5.78 Å². The van der Waals surface area contributed by atoms with Crippen LogP contribution in [0, 0.1) is 0 Å². The van der Waals surface area contributed by atoms with Crippen molar-refractivity contribution in [1.82, 2.24) is 0 Å². The van der Waals surface area contributed by atoms with Crippen molar-refractivity contribution in [2.24, 2.45) is 0 Å². The van der Waals surface area contributed by atoms with E-state index in [1.54, 1.807) is 48.5 Å². The van der Waals surface area contributed by atoms with Gasteiger partial charge >= 0.3 is 0 Å². The predicted octanol–water partition coefficient (Wildman–Crippen LogP) is 3.31. The summed E-state index contributed by atoms with van der Waals surface area (Å²) in [6, 6.07) is 13.8. The fourth-order valence-electron chi connectivity index (χ4n) is 1.87. The van der Waals surface area contributed by atoms with Gasteiger partial charge in [-0.15, -0.1) is 0 Å². The fourth-order valence-corrected chi connectivity index (χ4v) is 1.87. The lowest BCUT2D eigenvalue weighted by Gasteiger charge is -2.02. The number of phenols is 2. The van der Waals surface area contributed by atoms with Crippen molar-refractivity contribution in [2.45, 2.75) is 12.8 Å². The first-order chi connectivity index (χ1) is 9.66. The molecule has 0 fully saturated rings. The standard InChI is InChI=1S/C17H16O3/c18-15(11-9-13-5-1-3-7-16(13)19)12-10-14-6-2-4-8-17(14)20/h1-9,11,19-20H,10,12H2. The number of phenolic OH excluding ortho intramolecular Hbond substituents is 2. The zero-order valence-corrected chi connectivity index (χ0v) is 11.0. The van der Waals surface area contributed by atoms with Crippen LogP contribution in [0.3, 0.4) is 0 Å². The Morgan fingerprint density at radius 3 is 2.30 bits per heavy atom. The monoisotopic (exact) mass is 268 g/mol. The highest BCUT2D eigenvalue weighted by molar-refractivity contribution is 5.94. The lowest BCUT2D eigenvalue weighted by molar-refractivity contribution is -0.114. The fraction of sp³-hybridized carbons (Fsp3) is 0.118. The average molecular weight is 268 g/mol. The van der Waals surface area contributed by atoms with Crippen LogP contribution in [-0.4, -0.2) is 16.0 Å². The summed E-state index contributed by atoms with van der Waals surface area (Å²) in [7, 11) is 0. The molecular weight excluding hydrogens is 252 g/mol.